The summed E-state index contributed by atoms with van der Waals surface area (Å²) in [5.74, 6) is 0. The van der Waals surface area contributed by atoms with E-state index in [1.165, 1.54) is 0 Å². The zero-order valence-electron chi connectivity index (χ0n) is 5.52. The summed E-state index contributed by atoms with van der Waals surface area (Å²) in [4.78, 5) is 0. The van der Waals surface area contributed by atoms with Crippen LogP contribution in [0.2, 0.25) is 0 Å². The van der Waals surface area contributed by atoms with E-state index < -0.39 is 0 Å². The molecule has 0 saturated carbocycles. The van der Waals surface area contributed by atoms with Crippen molar-refractivity contribution in [2.45, 2.75) is 13.0 Å². The Bertz CT molecular complexity index is 84.4. The Hall–Kier alpha value is -0.560. The molecule has 46 valence electrons. The molecule has 0 amide bonds. The molecule has 0 radical (unpaired) electrons. The van der Waals surface area contributed by atoms with Gasteiger partial charge in [0, 0.05) is 6.04 Å². The molecule has 0 aromatic carbocycles. The lowest BCUT2D eigenvalue weighted by Gasteiger charge is -1.99. The minimum Gasteiger partial charge on any atom is -0.314 e. The number of hydrogen-bond donors (Lipinski definition) is 1. The Morgan fingerprint density at radius 1 is 1.62 bits per heavy atom. The van der Waals surface area contributed by atoms with Gasteiger partial charge in [-0.05, 0) is 14.0 Å². The van der Waals surface area contributed by atoms with Crippen molar-refractivity contribution in [1.82, 2.24) is 5.32 Å². The third-order valence-corrected chi connectivity index (χ3v) is 0.991. The lowest BCUT2D eigenvalue weighted by molar-refractivity contribution is 0.729. The molecule has 0 aliphatic heterocycles. The van der Waals surface area contributed by atoms with Gasteiger partial charge >= 0.3 is 0 Å². The van der Waals surface area contributed by atoms with Gasteiger partial charge < -0.3 is 5.32 Å². The predicted octanol–water partition coefficient (Wildman–Crippen LogP) is 1.34. The molecule has 1 atom stereocenters. The van der Waals surface area contributed by atoms with Gasteiger partial charge in [0.2, 0.25) is 0 Å². The molecule has 1 nitrogen and oxygen atoms in total. The van der Waals surface area contributed by atoms with Crippen LogP contribution in [0, 0.1) is 0 Å². The first-order chi connectivity index (χ1) is 3.81. The minimum absolute atomic E-state index is 0.452. The van der Waals surface area contributed by atoms with Crippen molar-refractivity contribution in [3.8, 4) is 0 Å². The van der Waals surface area contributed by atoms with E-state index in [1.54, 1.807) is 6.08 Å². The lowest BCUT2D eigenvalue weighted by Crippen LogP contribution is -2.17. The maximum atomic E-state index is 3.55. The summed E-state index contributed by atoms with van der Waals surface area (Å²) in [6.07, 6.45) is 5.75. The van der Waals surface area contributed by atoms with Crippen molar-refractivity contribution in [1.29, 1.82) is 0 Å². The molecule has 8 heavy (non-hydrogen) atoms. The van der Waals surface area contributed by atoms with Crippen molar-refractivity contribution in [2.24, 2.45) is 0 Å². The van der Waals surface area contributed by atoms with Crippen LogP contribution in [-0.2, 0) is 0 Å². The van der Waals surface area contributed by atoms with Gasteiger partial charge in [0.15, 0.2) is 0 Å². The van der Waals surface area contributed by atoms with Gasteiger partial charge in [-0.2, -0.15) is 0 Å². The molecular formula is C7H13N. The molecule has 0 heterocycles. The van der Waals surface area contributed by atoms with Crippen LogP contribution in [0.5, 0.6) is 0 Å². The first kappa shape index (κ1) is 7.44. The fourth-order valence-electron chi connectivity index (χ4n) is 0.341. The molecule has 0 aromatic heterocycles. The Balaban J connectivity index is 3.35. The number of likely N-dealkylation sites (N-methyl/N-ethyl adjacent to an activating group) is 1. The normalized spacial score (nSPS) is 14.2. The monoisotopic (exact) mass is 111 g/mol. The summed E-state index contributed by atoms with van der Waals surface area (Å²) in [5.41, 5.74) is 0. The standard InChI is InChI=1S/C7H13N/c1-4-5-6-7(2)8-3/h4-8H,1H2,2-3H3. The summed E-state index contributed by atoms with van der Waals surface area (Å²) in [6, 6.07) is 0.452. The van der Waals surface area contributed by atoms with Crippen LogP contribution in [0.15, 0.2) is 24.8 Å². The highest BCUT2D eigenvalue weighted by molar-refractivity contribution is 5.01. The second kappa shape index (κ2) is 4.60. The summed E-state index contributed by atoms with van der Waals surface area (Å²) in [6.45, 7) is 5.64. The van der Waals surface area contributed by atoms with Gasteiger partial charge in [0.25, 0.3) is 0 Å². The second-order valence-corrected chi connectivity index (χ2v) is 1.70. The highest BCUT2D eigenvalue weighted by Crippen LogP contribution is 1.81. The molecule has 0 saturated heterocycles. The third kappa shape index (κ3) is 3.62. The SMILES string of the molecule is C=CC=CC(C)NC. The van der Waals surface area contributed by atoms with Gasteiger partial charge in [0.05, 0.1) is 0 Å². The van der Waals surface area contributed by atoms with Crippen LogP contribution in [0.25, 0.3) is 0 Å². The first-order valence-electron chi connectivity index (χ1n) is 2.77. The quantitative estimate of drug-likeness (QED) is 0.542. The average Bonchev–Trinajstić information content (AvgIpc) is 1.83. The summed E-state index contributed by atoms with van der Waals surface area (Å²) < 4.78 is 0. The van der Waals surface area contributed by atoms with Crippen molar-refractivity contribution in [3.63, 3.8) is 0 Å². The van der Waals surface area contributed by atoms with Crippen molar-refractivity contribution in [2.75, 3.05) is 7.05 Å². The Labute approximate surface area is 51.1 Å². The van der Waals surface area contributed by atoms with Crippen LogP contribution >= 0.6 is 0 Å². The first-order valence-corrected chi connectivity index (χ1v) is 2.77. The van der Waals surface area contributed by atoms with Crippen molar-refractivity contribution in [3.05, 3.63) is 24.8 Å². The topological polar surface area (TPSA) is 12.0 Å². The summed E-state index contributed by atoms with van der Waals surface area (Å²) >= 11 is 0. The van der Waals surface area contributed by atoms with Gasteiger partial charge in [-0.15, -0.1) is 0 Å². The lowest BCUT2D eigenvalue weighted by atomic mass is 10.3. The molecule has 0 spiro atoms. The Morgan fingerprint density at radius 2 is 2.25 bits per heavy atom. The zero-order valence-corrected chi connectivity index (χ0v) is 5.52. The van der Waals surface area contributed by atoms with Gasteiger partial charge in [-0.3, -0.25) is 0 Å². The van der Waals surface area contributed by atoms with Gasteiger partial charge in [-0.1, -0.05) is 24.8 Å². The van der Waals surface area contributed by atoms with E-state index in [9.17, 15) is 0 Å². The number of allylic oxidation sites excluding steroid dienone is 2. The van der Waals surface area contributed by atoms with E-state index in [4.69, 9.17) is 0 Å². The Kier molecular flexibility index (Phi) is 4.27. The molecule has 0 aliphatic carbocycles. The van der Waals surface area contributed by atoms with Crippen LogP contribution in [0.1, 0.15) is 6.92 Å². The van der Waals surface area contributed by atoms with E-state index in [2.05, 4.69) is 18.8 Å². The number of rotatable bonds is 3. The summed E-state index contributed by atoms with van der Waals surface area (Å²) in [5, 5.41) is 3.07. The smallest absolute Gasteiger partial charge is 0.0221 e. The van der Waals surface area contributed by atoms with Crippen LogP contribution in [0.4, 0.5) is 0 Å². The fourth-order valence-corrected chi connectivity index (χ4v) is 0.341. The maximum Gasteiger partial charge on any atom is 0.0221 e. The Morgan fingerprint density at radius 3 is 2.62 bits per heavy atom. The van der Waals surface area contributed by atoms with Gasteiger partial charge in [0.1, 0.15) is 0 Å². The summed E-state index contributed by atoms with van der Waals surface area (Å²) in [7, 11) is 1.93. The van der Waals surface area contributed by atoms with E-state index >= 15 is 0 Å². The molecule has 1 heteroatoms. The van der Waals surface area contributed by atoms with E-state index in [0.29, 0.717) is 6.04 Å². The van der Waals surface area contributed by atoms with Crippen molar-refractivity contribution < 1.29 is 0 Å². The van der Waals surface area contributed by atoms with Crippen molar-refractivity contribution >= 4 is 0 Å². The van der Waals surface area contributed by atoms with Gasteiger partial charge in [-0.25, -0.2) is 0 Å². The van der Waals surface area contributed by atoms with E-state index in [-0.39, 0.29) is 0 Å². The fraction of sp³-hybridized carbons (Fsp3) is 0.429. The highest BCUT2D eigenvalue weighted by Gasteiger charge is 1.84. The molecular weight excluding hydrogens is 98.1 g/mol. The molecule has 0 bridgehead atoms. The molecule has 1 N–H and O–H groups in total. The van der Waals surface area contributed by atoms with E-state index in [0.717, 1.165) is 0 Å². The molecule has 0 fully saturated rings. The molecule has 1 unspecified atom stereocenters. The largest absolute Gasteiger partial charge is 0.314 e. The second-order valence-electron chi connectivity index (χ2n) is 1.70. The van der Waals surface area contributed by atoms with E-state index in [1.807, 2.05) is 19.2 Å². The zero-order chi connectivity index (χ0) is 6.41. The molecule has 0 aliphatic rings. The van der Waals surface area contributed by atoms with Crippen LogP contribution in [-0.4, -0.2) is 13.1 Å². The number of hydrogen-bond acceptors (Lipinski definition) is 1. The molecule has 0 rings (SSSR count). The van der Waals surface area contributed by atoms with Crippen LogP contribution in [0.3, 0.4) is 0 Å². The minimum atomic E-state index is 0.452. The predicted molar refractivity (Wildman–Crippen MR) is 37.9 cm³/mol. The third-order valence-electron chi connectivity index (χ3n) is 0.991. The molecule has 0 aromatic rings. The van der Waals surface area contributed by atoms with Crippen LogP contribution < -0.4 is 5.32 Å². The number of nitrogens with one attached hydrogen (secondary N) is 1. The highest BCUT2D eigenvalue weighted by atomic mass is 14.8. The average molecular weight is 111 g/mol. The maximum absolute atomic E-state index is 3.55.